The van der Waals surface area contributed by atoms with Gasteiger partial charge >= 0.3 is 6.03 Å². The molecule has 1 heterocycles. The Hall–Kier alpha value is -0.910. The lowest BCUT2D eigenvalue weighted by Gasteiger charge is -2.27. The van der Waals surface area contributed by atoms with Gasteiger partial charge in [-0.3, -0.25) is 20.2 Å². The van der Waals surface area contributed by atoms with Crippen molar-refractivity contribution in [3.05, 3.63) is 0 Å². The maximum Gasteiger partial charge on any atom is 0.328 e. The molecule has 1 fully saturated rings. The molecule has 0 aromatic carbocycles. The van der Waals surface area contributed by atoms with Crippen molar-refractivity contribution in [2.45, 2.75) is 24.1 Å². The minimum Gasteiger partial charge on any atom is -0.276 e. The molecule has 0 bridgehead atoms. The zero-order valence-electron chi connectivity index (χ0n) is 7.02. The Morgan fingerprint density at radius 2 is 1.69 bits per heavy atom. The highest BCUT2D eigenvalue weighted by Crippen LogP contribution is 2.26. The largest absolute Gasteiger partial charge is 0.328 e. The van der Waals surface area contributed by atoms with Crippen molar-refractivity contribution >= 4 is 33.8 Å². The van der Waals surface area contributed by atoms with Crippen LogP contribution in [-0.2, 0) is 9.59 Å². The van der Waals surface area contributed by atoms with Gasteiger partial charge in [0.2, 0.25) is 0 Å². The zero-order chi connectivity index (χ0) is 10.1. The van der Waals surface area contributed by atoms with Crippen molar-refractivity contribution in [2.24, 2.45) is 0 Å². The molecular weight excluding hydrogens is 240 g/mol. The van der Waals surface area contributed by atoms with Crippen LogP contribution in [0.15, 0.2) is 0 Å². The fourth-order valence-corrected chi connectivity index (χ4v) is 1.71. The molecule has 1 rings (SSSR count). The minimum absolute atomic E-state index is 0.359. The Labute approximate surface area is 83.4 Å². The maximum absolute atomic E-state index is 11.3. The van der Waals surface area contributed by atoms with Gasteiger partial charge in [-0.05, 0) is 6.42 Å². The lowest BCUT2D eigenvalue weighted by atomic mass is 10.0. The van der Waals surface area contributed by atoms with Crippen LogP contribution in [0, 0.1) is 0 Å². The number of barbiturate groups is 1. The SMILES string of the molecule is CCCC1(Br)C(=O)NC(=O)NC1=O. The number of alkyl halides is 1. The average Bonchev–Trinajstić information content (AvgIpc) is 2.01. The second-order valence-corrected chi connectivity index (χ2v) is 4.14. The molecule has 0 saturated carbocycles. The Balaban J connectivity index is 2.89. The van der Waals surface area contributed by atoms with E-state index in [1.165, 1.54) is 0 Å². The van der Waals surface area contributed by atoms with Gasteiger partial charge in [-0.15, -0.1) is 0 Å². The van der Waals surface area contributed by atoms with Gasteiger partial charge in [0.05, 0.1) is 0 Å². The van der Waals surface area contributed by atoms with Gasteiger partial charge in [0.15, 0.2) is 4.32 Å². The Morgan fingerprint density at radius 3 is 2.08 bits per heavy atom. The molecule has 0 spiro atoms. The van der Waals surface area contributed by atoms with Gasteiger partial charge in [0.25, 0.3) is 11.8 Å². The fourth-order valence-electron chi connectivity index (χ4n) is 1.11. The van der Waals surface area contributed by atoms with Crippen molar-refractivity contribution in [2.75, 3.05) is 0 Å². The Morgan fingerprint density at radius 1 is 1.23 bits per heavy atom. The van der Waals surface area contributed by atoms with Crippen LogP contribution in [0.4, 0.5) is 4.79 Å². The maximum atomic E-state index is 11.3. The van der Waals surface area contributed by atoms with Crippen LogP contribution in [0.5, 0.6) is 0 Å². The van der Waals surface area contributed by atoms with Gasteiger partial charge in [-0.25, -0.2) is 4.79 Å². The molecule has 1 aliphatic heterocycles. The number of imide groups is 2. The quantitative estimate of drug-likeness (QED) is 0.545. The van der Waals surface area contributed by atoms with Gasteiger partial charge in [0.1, 0.15) is 0 Å². The number of urea groups is 1. The standard InChI is InChI=1S/C7H9BrN2O3/c1-2-3-7(8)4(11)9-6(13)10-5(7)12/h2-3H2,1H3,(H2,9,10,11,12,13). The Bertz CT molecular complexity index is 257. The van der Waals surface area contributed by atoms with E-state index in [0.29, 0.717) is 12.8 Å². The molecule has 0 aromatic rings. The third kappa shape index (κ3) is 1.72. The van der Waals surface area contributed by atoms with Gasteiger partial charge < -0.3 is 0 Å². The molecule has 0 radical (unpaired) electrons. The average molecular weight is 249 g/mol. The summed E-state index contributed by atoms with van der Waals surface area (Å²) in [5.41, 5.74) is 0. The van der Waals surface area contributed by atoms with Crippen molar-refractivity contribution in [3.63, 3.8) is 0 Å². The molecule has 0 aromatic heterocycles. The number of hydrogen-bond donors (Lipinski definition) is 2. The van der Waals surface area contributed by atoms with E-state index in [1.54, 1.807) is 0 Å². The first-order valence-corrected chi connectivity index (χ1v) is 4.66. The summed E-state index contributed by atoms with van der Waals surface area (Å²) in [6.07, 6.45) is 1.03. The smallest absolute Gasteiger partial charge is 0.276 e. The van der Waals surface area contributed by atoms with Crippen LogP contribution >= 0.6 is 15.9 Å². The lowest BCUT2D eigenvalue weighted by molar-refractivity contribution is -0.133. The molecule has 13 heavy (non-hydrogen) atoms. The number of amides is 4. The molecule has 5 nitrogen and oxygen atoms in total. The molecule has 1 saturated heterocycles. The van der Waals surface area contributed by atoms with E-state index in [0.717, 1.165) is 0 Å². The number of carbonyl (C=O) groups excluding carboxylic acids is 3. The fraction of sp³-hybridized carbons (Fsp3) is 0.571. The number of carbonyl (C=O) groups is 3. The van der Waals surface area contributed by atoms with Crippen molar-refractivity contribution in [3.8, 4) is 0 Å². The minimum atomic E-state index is -1.28. The first-order valence-electron chi connectivity index (χ1n) is 3.86. The molecule has 4 amide bonds. The zero-order valence-corrected chi connectivity index (χ0v) is 8.60. The van der Waals surface area contributed by atoms with Crippen LogP contribution in [0.2, 0.25) is 0 Å². The first-order chi connectivity index (χ1) is 6.00. The number of rotatable bonds is 2. The molecule has 2 N–H and O–H groups in total. The molecule has 0 unspecified atom stereocenters. The van der Waals surface area contributed by atoms with Crippen LogP contribution in [0.3, 0.4) is 0 Å². The van der Waals surface area contributed by atoms with Gasteiger partial charge in [-0.2, -0.15) is 0 Å². The summed E-state index contributed by atoms with van der Waals surface area (Å²) in [4.78, 5) is 33.3. The van der Waals surface area contributed by atoms with Crippen molar-refractivity contribution < 1.29 is 14.4 Å². The third-order valence-corrected chi connectivity index (χ3v) is 2.89. The molecule has 0 atom stereocenters. The molecular formula is C7H9BrN2O3. The monoisotopic (exact) mass is 248 g/mol. The number of halogens is 1. The van der Waals surface area contributed by atoms with Crippen LogP contribution in [0.25, 0.3) is 0 Å². The van der Waals surface area contributed by atoms with Crippen LogP contribution in [0.1, 0.15) is 19.8 Å². The normalized spacial score (nSPS) is 20.9. The van der Waals surface area contributed by atoms with Crippen LogP contribution in [-0.4, -0.2) is 22.2 Å². The van der Waals surface area contributed by atoms with Gasteiger partial charge in [-0.1, -0.05) is 29.3 Å². The summed E-state index contributed by atoms with van der Waals surface area (Å²) >= 11 is 3.04. The molecule has 0 aliphatic carbocycles. The number of hydrogen-bond acceptors (Lipinski definition) is 3. The van der Waals surface area contributed by atoms with E-state index in [2.05, 4.69) is 15.9 Å². The molecule has 72 valence electrons. The van der Waals surface area contributed by atoms with E-state index < -0.39 is 22.2 Å². The van der Waals surface area contributed by atoms with E-state index in [-0.39, 0.29) is 0 Å². The van der Waals surface area contributed by atoms with Crippen LogP contribution < -0.4 is 10.6 Å². The van der Waals surface area contributed by atoms with E-state index in [9.17, 15) is 14.4 Å². The second-order valence-electron chi connectivity index (χ2n) is 2.79. The topological polar surface area (TPSA) is 75.3 Å². The Kier molecular flexibility index (Phi) is 2.70. The summed E-state index contributed by atoms with van der Waals surface area (Å²) in [5.74, 6) is -1.19. The molecule has 6 heteroatoms. The second kappa shape index (κ2) is 3.45. The van der Waals surface area contributed by atoms with Gasteiger partial charge in [0, 0.05) is 0 Å². The number of nitrogens with one attached hydrogen (secondary N) is 2. The highest BCUT2D eigenvalue weighted by atomic mass is 79.9. The summed E-state index contributed by atoms with van der Waals surface area (Å²) in [7, 11) is 0. The molecule has 1 aliphatic rings. The van der Waals surface area contributed by atoms with Crippen molar-refractivity contribution in [1.29, 1.82) is 0 Å². The van der Waals surface area contributed by atoms with E-state index >= 15 is 0 Å². The third-order valence-electron chi connectivity index (χ3n) is 1.77. The first kappa shape index (κ1) is 10.2. The summed E-state index contributed by atoms with van der Waals surface area (Å²) in [6, 6.07) is -0.763. The highest BCUT2D eigenvalue weighted by Gasteiger charge is 2.47. The predicted octanol–water partition coefficient (Wildman–Crippen LogP) is 0.286. The highest BCUT2D eigenvalue weighted by molar-refractivity contribution is 9.10. The predicted molar refractivity (Wildman–Crippen MR) is 48.2 cm³/mol. The lowest BCUT2D eigenvalue weighted by Crippen LogP contribution is -2.63. The van der Waals surface area contributed by atoms with Crippen molar-refractivity contribution in [1.82, 2.24) is 10.6 Å². The summed E-state index contributed by atoms with van der Waals surface area (Å²) < 4.78 is -1.28. The van der Waals surface area contributed by atoms with E-state index in [1.807, 2.05) is 17.6 Å². The summed E-state index contributed by atoms with van der Waals surface area (Å²) in [6.45, 7) is 1.85. The summed E-state index contributed by atoms with van der Waals surface area (Å²) in [5, 5.41) is 4.06. The van der Waals surface area contributed by atoms with E-state index in [4.69, 9.17) is 0 Å².